The standard InChI is InChI=1S/C46H74O4/c1-15-19-31(39-29-49-39)21-17-23-47-41-35(43(3,4)5)25-33(26-36(41)44(6,7)8)34-27-37(45(9,10)11)42(38(28-34)46(12,13)14)48-24-18-22-32(20-16-2)40-30-50-40/h25-28,31-32,39-40H,15-24,29-30H2,1-14H3. The van der Waals surface area contributed by atoms with Crippen molar-refractivity contribution in [2.24, 2.45) is 11.8 Å². The Kier molecular flexibility index (Phi) is 13.3. The normalized spacial score (nSPS) is 19.3. The Balaban J connectivity index is 1.72. The molecule has 0 bridgehead atoms. The van der Waals surface area contributed by atoms with Crippen LogP contribution in [-0.2, 0) is 31.1 Å². The topological polar surface area (TPSA) is 43.5 Å². The number of ether oxygens (including phenoxy) is 4. The van der Waals surface area contributed by atoms with E-state index in [4.69, 9.17) is 18.9 Å². The molecule has 282 valence electrons. The molecule has 50 heavy (non-hydrogen) atoms. The van der Waals surface area contributed by atoms with Crippen molar-refractivity contribution in [2.45, 2.75) is 182 Å². The molecule has 2 aromatic rings. The Bertz CT molecular complexity index is 1210. The minimum Gasteiger partial charge on any atom is -0.493 e. The highest BCUT2D eigenvalue weighted by atomic mass is 16.6. The highest BCUT2D eigenvalue weighted by Gasteiger charge is 2.34. The van der Waals surface area contributed by atoms with Crippen LogP contribution in [0.2, 0.25) is 0 Å². The molecule has 2 aliphatic rings. The average Bonchev–Trinajstić information content (AvgIpc) is 3.92. The zero-order valence-corrected chi connectivity index (χ0v) is 34.7. The van der Waals surface area contributed by atoms with Gasteiger partial charge < -0.3 is 18.9 Å². The quantitative estimate of drug-likeness (QED) is 0.122. The number of benzene rings is 2. The first-order valence-corrected chi connectivity index (χ1v) is 20.1. The van der Waals surface area contributed by atoms with Crippen molar-refractivity contribution in [3.8, 4) is 22.6 Å². The molecule has 4 heteroatoms. The van der Waals surface area contributed by atoms with E-state index in [1.807, 2.05) is 0 Å². The van der Waals surface area contributed by atoms with E-state index in [-0.39, 0.29) is 21.7 Å². The third-order valence-corrected chi connectivity index (χ3v) is 10.8. The first-order valence-electron chi connectivity index (χ1n) is 20.1. The lowest BCUT2D eigenvalue weighted by atomic mass is 9.75. The van der Waals surface area contributed by atoms with E-state index < -0.39 is 0 Å². The van der Waals surface area contributed by atoms with Crippen molar-refractivity contribution in [3.63, 3.8) is 0 Å². The predicted octanol–water partition coefficient (Wildman–Crippen LogP) is 12.5. The summed E-state index contributed by atoms with van der Waals surface area (Å²) in [5.74, 6) is 3.47. The Morgan fingerprint density at radius 3 is 1.02 bits per heavy atom. The highest BCUT2D eigenvalue weighted by Crippen LogP contribution is 2.47. The van der Waals surface area contributed by atoms with Gasteiger partial charge in [-0.1, -0.05) is 110 Å². The third-order valence-electron chi connectivity index (χ3n) is 10.8. The van der Waals surface area contributed by atoms with Crippen LogP contribution in [-0.4, -0.2) is 38.6 Å². The fraction of sp³-hybridized carbons (Fsp3) is 0.739. The van der Waals surface area contributed by atoms with Crippen molar-refractivity contribution < 1.29 is 18.9 Å². The lowest BCUT2D eigenvalue weighted by Gasteiger charge is -2.33. The zero-order chi connectivity index (χ0) is 37.1. The summed E-state index contributed by atoms with van der Waals surface area (Å²) in [6.07, 6.45) is 10.3. The van der Waals surface area contributed by atoms with Gasteiger partial charge in [-0.25, -0.2) is 0 Å². The van der Waals surface area contributed by atoms with Gasteiger partial charge in [0.05, 0.1) is 38.6 Å². The van der Waals surface area contributed by atoms with Crippen molar-refractivity contribution in [3.05, 3.63) is 46.5 Å². The van der Waals surface area contributed by atoms with Crippen molar-refractivity contribution in [2.75, 3.05) is 26.4 Å². The van der Waals surface area contributed by atoms with Gasteiger partial charge in [-0.2, -0.15) is 0 Å². The van der Waals surface area contributed by atoms with Crippen LogP contribution in [0.4, 0.5) is 0 Å². The summed E-state index contributed by atoms with van der Waals surface area (Å²) < 4.78 is 25.1. The van der Waals surface area contributed by atoms with E-state index in [0.29, 0.717) is 24.0 Å². The molecule has 4 rings (SSSR count). The van der Waals surface area contributed by atoms with Gasteiger partial charge in [-0.05, 0) is 107 Å². The van der Waals surface area contributed by atoms with Crippen LogP contribution in [0, 0.1) is 11.8 Å². The fourth-order valence-corrected chi connectivity index (χ4v) is 7.60. The highest BCUT2D eigenvalue weighted by molar-refractivity contribution is 5.73. The number of rotatable bonds is 17. The van der Waals surface area contributed by atoms with E-state index in [0.717, 1.165) is 50.8 Å². The van der Waals surface area contributed by atoms with E-state index in [1.165, 1.54) is 71.9 Å². The molecular weight excluding hydrogens is 617 g/mol. The van der Waals surface area contributed by atoms with Crippen LogP contribution in [0.25, 0.3) is 11.1 Å². The largest absolute Gasteiger partial charge is 0.493 e. The third kappa shape index (κ3) is 11.0. The summed E-state index contributed by atoms with van der Waals surface area (Å²) in [4.78, 5) is 0. The molecule has 0 radical (unpaired) electrons. The second-order valence-corrected chi connectivity index (χ2v) is 19.6. The van der Waals surface area contributed by atoms with Gasteiger partial charge in [0.1, 0.15) is 11.5 Å². The Labute approximate surface area is 307 Å². The zero-order valence-electron chi connectivity index (χ0n) is 34.7. The maximum absolute atomic E-state index is 6.85. The minimum absolute atomic E-state index is 0.0815. The molecule has 0 spiro atoms. The molecule has 0 aliphatic carbocycles. The molecule has 4 unspecified atom stereocenters. The maximum Gasteiger partial charge on any atom is 0.126 e. The molecule has 2 fully saturated rings. The molecule has 4 atom stereocenters. The number of epoxide rings is 2. The summed E-state index contributed by atoms with van der Waals surface area (Å²) in [7, 11) is 0. The molecule has 0 aromatic heterocycles. The Morgan fingerprint density at radius 1 is 0.520 bits per heavy atom. The van der Waals surface area contributed by atoms with E-state index in [2.05, 4.69) is 121 Å². The van der Waals surface area contributed by atoms with E-state index in [1.54, 1.807) is 0 Å². The first kappa shape index (κ1) is 40.7. The monoisotopic (exact) mass is 691 g/mol. The maximum atomic E-state index is 6.85. The van der Waals surface area contributed by atoms with Gasteiger partial charge in [-0.3, -0.25) is 0 Å². The molecule has 2 aromatic carbocycles. The molecule has 0 saturated carbocycles. The number of hydrogen-bond acceptors (Lipinski definition) is 4. The van der Waals surface area contributed by atoms with Crippen molar-refractivity contribution >= 4 is 0 Å². The second kappa shape index (κ2) is 16.3. The summed E-state index contributed by atoms with van der Waals surface area (Å²) >= 11 is 0. The van der Waals surface area contributed by atoms with Crippen LogP contribution in [0.1, 0.15) is 171 Å². The second-order valence-electron chi connectivity index (χ2n) is 19.6. The van der Waals surface area contributed by atoms with Gasteiger partial charge >= 0.3 is 0 Å². The van der Waals surface area contributed by atoms with Gasteiger partial charge in [0.25, 0.3) is 0 Å². The van der Waals surface area contributed by atoms with Crippen LogP contribution >= 0.6 is 0 Å². The molecule has 2 aliphatic heterocycles. The lowest BCUT2D eigenvalue weighted by molar-refractivity contribution is 0.252. The molecule has 0 N–H and O–H groups in total. The van der Waals surface area contributed by atoms with Gasteiger partial charge in [0, 0.05) is 22.3 Å². The molecule has 4 nitrogen and oxygen atoms in total. The first-order chi connectivity index (χ1) is 23.3. The van der Waals surface area contributed by atoms with E-state index >= 15 is 0 Å². The summed E-state index contributed by atoms with van der Waals surface area (Å²) in [6.45, 7) is 35.8. The summed E-state index contributed by atoms with van der Waals surface area (Å²) in [6, 6.07) is 9.69. The SMILES string of the molecule is CCCC(CCCOc1c(C(C)(C)C)cc(-c2cc(C(C)(C)C)c(OCCCC(CCC)C3CO3)c(C(C)(C)C)c2)cc1C(C)(C)C)C1CO1. The minimum atomic E-state index is -0.0815. The van der Waals surface area contributed by atoms with Crippen LogP contribution in [0.5, 0.6) is 11.5 Å². The fourth-order valence-electron chi connectivity index (χ4n) is 7.60. The van der Waals surface area contributed by atoms with Crippen LogP contribution in [0.15, 0.2) is 24.3 Å². The molecule has 0 amide bonds. The summed E-state index contributed by atoms with van der Waals surface area (Å²) in [5, 5.41) is 0. The number of hydrogen-bond donors (Lipinski definition) is 0. The van der Waals surface area contributed by atoms with Gasteiger partial charge in [0.15, 0.2) is 0 Å². The Hall–Kier alpha value is -2.04. The van der Waals surface area contributed by atoms with Gasteiger partial charge in [-0.15, -0.1) is 0 Å². The molecular formula is C46H74O4. The average molecular weight is 691 g/mol. The molecule has 2 saturated heterocycles. The van der Waals surface area contributed by atoms with Crippen LogP contribution < -0.4 is 9.47 Å². The lowest BCUT2D eigenvalue weighted by Crippen LogP contribution is -2.22. The van der Waals surface area contributed by atoms with Gasteiger partial charge in [0.2, 0.25) is 0 Å². The smallest absolute Gasteiger partial charge is 0.126 e. The molecule has 2 heterocycles. The van der Waals surface area contributed by atoms with Crippen LogP contribution in [0.3, 0.4) is 0 Å². The predicted molar refractivity (Wildman–Crippen MR) is 212 cm³/mol. The van der Waals surface area contributed by atoms with E-state index in [9.17, 15) is 0 Å². The van der Waals surface area contributed by atoms with Crippen molar-refractivity contribution in [1.29, 1.82) is 0 Å². The summed E-state index contributed by atoms with van der Waals surface area (Å²) in [5.41, 5.74) is 7.33. The Morgan fingerprint density at radius 2 is 0.800 bits per heavy atom. The van der Waals surface area contributed by atoms with Crippen molar-refractivity contribution in [1.82, 2.24) is 0 Å².